The molecular formula is C22H20Cl2N2O4S. The first-order valence-electron chi connectivity index (χ1n) is 9.19. The zero-order valence-electron chi connectivity index (χ0n) is 16.8. The highest BCUT2D eigenvalue weighted by molar-refractivity contribution is 7.92. The molecule has 0 aliphatic heterocycles. The van der Waals surface area contributed by atoms with Crippen molar-refractivity contribution in [2.75, 3.05) is 23.3 Å². The first-order valence-corrected chi connectivity index (χ1v) is 11.4. The molecule has 3 rings (SSSR count). The fraction of sp³-hybridized carbons (Fsp3) is 0.136. The van der Waals surface area contributed by atoms with Gasteiger partial charge < -0.3 is 10.1 Å². The van der Waals surface area contributed by atoms with Crippen molar-refractivity contribution in [1.82, 2.24) is 0 Å². The van der Waals surface area contributed by atoms with Gasteiger partial charge in [-0.15, -0.1) is 0 Å². The summed E-state index contributed by atoms with van der Waals surface area (Å²) in [6, 6.07) is 17.4. The van der Waals surface area contributed by atoms with Gasteiger partial charge in [0.2, 0.25) is 5.91 Å². The third-order valence-electron chi connectivity index (χ3n) is 4.45. The number of carbonyl (C=O) groups excluding carboxylic acids is 1. The van der Waals surface area contributed by atoms with Gasteiger partial charge in [0.15, 0.2) is 0 Å². The van der Waals surface area contributed by atoms with Gasteiger partial charge in [-0.2, -0.15) is 0 Å². The smallest absolute Gasteiger partial charge is 0.264 e. The number of aryl methyl sites for hydroxylation is 1. The Morgan fingerprint density at radius 3 is 2.23 bits per heavy atom. The largest absolute Gasteiger partial charge is 0.495 e. The first kappa shape index (κ1) is 22.9. The van der Waals surface area contributed by atoms with E-state index in [4.69, 9.17) is 27.9 Å². The third-order valence-corrected chi connectivity index (χ3v) is 6.78. The number of anilines is 2. The fourth-order valence-electron chi connectivity index (χ4n) is 2.83. The van der Waals surface area contributed by atoms with E-state index in [1.165, 1.54) is 37.4 Å². The molecule has 0 atom stereocenters. The molecule has 3 aromatic carbocycles. The number of benzene rings is 3. The van der Waals surface area contributed by atoms with E-state index in [2.05, 4.69) is 5.32 Å². The Kier molecular flexibility index (Phi) is 7.10. The minimum atomic E-state index is -4.02. The quantitative estimate of drug-likeness (QED) is 0.509. The molecule has 0 spiro atoms. The van der Waals surface area contributed by atoms with Crippen LogP contribution in [0.15, 0.2) is 71.6 Å². The Balaban J connectivity index is 1.91. The molecule has 3 aromatic rings. The predicted molar refractivity (Wildman–Crippen MR) is 124 cm³/mol. The summed E-state index contributed by atoms with van der Waals surface area (Å²) in [5.41, 5.74) is 1.75. The summed E-state index contributed by atoms with van der Waals surface area (Å²) >= 11 is 12.0. The lowest BCUT2D eigenvalue weighted by atomic mass is 10.2. The van der Waals surface area contributed by atoms with Crippen molar-refractivity contribution < 1.29 is 17.9 Å². The normalized spacial score (nSPS) is 11.1. The van der Waals surface area contributed by atoms with Gasteiger partial charge in [0, 0.05) is 10.7 Å². The molecule has 0 saturated carbocycles. The molecule has 0 radical (unpaired) electrons. The van der Waals surface area contributed by atoms with Crippen LogP contribution in [0.25, 0.3) is 0 Å². The highest BCUT2D eigenvalue weighted by Gasteiger charge is 2.27. The number of halogens is 2. The van der Waals surface area contributed by atoms with E-state index in [-0.39, 0.29) is 4.90 Å². The van der Waals surface area contributed by atoms with E-state index in [1.54, 1.807) is 36.4 Å². The number of ether oxygens (including phenoxy) is 1. The van der Waals surface area contributed by atoms with Gasteiger partial charge in [0.05, 0.1) is 22.7 Å². The van der Waals surface area contributed by atoms with E-state index in [0.717, 1.165) is 9.87 Å². The molecule has 9 heteroatoms. The number of sulfonamides is 1. The molecule has 0 heterocycles. The number of hydrogen-bond donors (Lipinski definition) is 1. The van der Waals surface area contributed by atoms with Gasteiger partial charge in [-0.25, -0.2) is 8.42 Å². The van der Waals surface area contributed by atoms with Crippen LogP contribution < -0.4 is 14.4 Å². The number of nitrogens with one attached hydrogen (secondary N) is 1. The van der Waals surface area contributed by atoms with Crippen LogP contribution in [0.2, 0.25) is 10.0 Å². The minimum absolute atomic E-state index is 0.0257. The maximum Gasteiger partial charge on any atom is 0.264 e. The van der Waals surface area contributed by atoms with Crippen molar-refractivity contribution in [1.29, 1.82) is 0 Å². The molecule has 0 bridgehead atoms. The van der Waals surface area contributed by atoms with Gasteiger partial charge in [0.1, 0.15) is 12.3 Å². The topological polar surface area (TPSA) is 75.7 Å². The number of amides is 1. The van der Waals surface area contributed by atoms with Crippen molar-refractivity contribution in [3.8, 4) is 5.75 Å². The van der Waals surface area contributed by atoms with Gasteiger partial charge in [-0.05, 0) is 61.5 Å². The van der Waals surface area contributed by atoms with Crippen molar-refractivity contribution in [2.45, 2.75) is 11.8 Å². The predicted octanol–water partition coefficient (Wildman–Crippen LogP) is 5.14. The van der Waals surface area contributed by atoms with Crippen LogP contribution in [-0.4, -0.2) is 28.0 Å². The zero-order chi connectivity index (χ0) is 22.6. The van der Waals surface area contributed by atoms with E-state index < -0.39 is 22.5 Å². The van der Waals surface area contributed by atoms with Gasteiger partial charge in [-0.1, -0.05) is 40.9 Å². The molecule has 0 aliphatic rings. The number of hydrogen-bond acceptors (Lipinski definition) is 4. The molecular weight excluding hydrogens is 459 g/mol. The van der Waals surface area contributed by atoms with Crippen LogP contribution in [0, 0.1) is 6.92 Å². The molecule has 6 nitrogen and oxygen atoms in total. The molecule has 0 aromatic heterocycles. The Morgan fingerprint density at radius 1 is 1.00 bits per heavy atom. The van der Waals surface area contributed by atoms with Crippen LogP contribution in [0.3, 0.4) is 0 Å². The highest BCUT2D eigenvalue weighted by atomic mass is 35.5. The number of rotatable bonds is 7. The highest BCUT2D eigenvalue weighted by Crippen LogP contribution is 2.28. The number of carbonyl (C=O) groups is 1. The Morgan fingerprint density at radius 2 is 1.65 bits per heavy atom. The average molecular weight is 479 g/mol. The van der Waals surface area contributed by atoms with Crippen molar-refractivity contribution in [2.24, 2.45) is 0 Å². The number of nitrogens with zero attached hydrogens (tertiary/aromatic N) is 1. The monoisotopic (exact) mass is 478 g/mol. The summed E-state index contributed by atoms with van der Waals surface area (Å²) in [6.07, 6.45) is 0. The molecule has 162 valence electrons. The van der Waals surface area contributed by atoms with E-state index in [0.29, 0.717) is 27.2 Å². The maximum absolute atomic E-state index is 13.3. The fourth-order valence-corrected chi connectivity index (χ4v) is 4.64. The molecule has 1 amide bonds. The zero-order valence-corrected chi connectivity index (χ0v) is 19.1. The molecule has 0 saturated heterocycles. The summed E-state index contributed by atoms with van der Waals surface area (Å²) in [7, 11) is -2.54. The van der Waals surface area contributed by atoms with Gasteiger partial charge in [0.25, 0.3) is 10.0 Å². The Labute approximate surface area is 191 Å². The lowest BCUT2D eigenvalue weighted by molar-refractivity contribution is -0.114. The number of methoxy groups -OCH3 is 1. The molecule has 31 heavy (non-hydrogen) atoms. The van der Waals surface area contributed by atoms with Crippen molar-refractivity contribution in [3.63, 3.8) is 0 Å². The standard InChI is InChI=1S/C22H20Cl2N2O4S/c1-15-3-8-18(9-4-15)26(31(28,29)19-10-5-16(23)6-11-19)14-22(27)25-17-7-12-21(30-2)20(24)13-17/h3-13H,14H2,1-2H3,(H,25,27). The van der Waals surface area contributed by atoms with Crippen LogP contribution >= 0.6 is 23.2 Å². The van der Waals surface area contributed by atoms with Crippen molar-refractivity contribution >= 4 is 50.5 Å². The van der Waals surface area contributed by atoms with Gasteiger partial charge in [-0.3, -0.25) is 9.10 Å². The Hall–Kier alpha value is -2.74. The van der Waals surface area contributed by atoms with Crippen molar-refractivity contribution in [3.05, 3.63) is 82.3 Å². The van der Waals surface area contributed by atoms with Crippen LogP contribution in [0.1, 0.15) is 5.56 Å². The second-order valence-electron chi connectivity index (χ2n) is 6.70. The van der Waals surface area contributed by atoms with E-state index >= 15 is 0 Å². The first-order chi connectivity index (χ1) is 14.7. The van der Waals surface area contributed by atoms with E-state index in [9.17, 15) is 13.2 Å². The maximum atomic E-state index is 13.3. The molecule has 0 unspecified atom stereocenters. The summed E-state index contributed by atoms with van der Waals surface area (Å²) in [4.78, 5) is 12.8. The summed E-state index contributed by atoms with van der Waals surface area (Å²) < 4.78 is 32.8. The second kappa shape index (κ2) is 9.60. The lowest BCUT2D eigenvalue weighted by Gasteiger charge is -2.24. The molecule has 0 fully saturated rings. The van der Waals surface area contributed by atoms with Gasteiger partial charge >= 0.3 is 0 Å². The Bertz CT molecular complexity index is 1180. The SMILES string of the molecule is COc1ccc(NC(=O)CN(c2ccc(C)cc2)S(=O)(=O)c2ccc(Cl)cc2)cc1Cl. The molecule has 1 N–H and O–H groups in total. The summed E-state index contributed by atoms with van der Waals surface area (Å²) in [6.45, 7) is 1.46. The minimum Gasteiger partial charge on any atom is -0.495 e. The summed E-state index contributed by atoms with van der Waals surface area (Å²) in [5, 5.41) is 3.41. The molecule has 0 aliphatic carbocycles. The summed E-state index contributed by atoms with van der Waals surface area (Å²) in [5.74, 6) is -0.0642. The van der Waals surface area contributed by atoms with Crippen LogP contribution in [-0.2, 0) is 14.8 Å². The lowest BCUT2D eigenvalue weighted by Crippen LogP contribution is -2.38. The third kappa shape index (κ3) is 5.50. The second-order valence-corrected chi connectivity index (χ2v) is 9.40. The van der Waals surface area contributed by atoms with Crippen LogP contribution in [0.4, 0.5) is 11.4 Å². The van der Waals surface area contributed by atoms with Crippen LogP contribution in [0.5, 0.6) is 5.75 Å². The van der Waals surface area contributed by atoms with E-state index in [1.807, 2.05) is 6.92 Å². The average Bonchev–Trinajstić information content (AvgIpc) is 2.73.